The summed E-state index contributed by atoms with van der Waals surface area (Å²) in [4.78, 5) is 27.4. The highest BCUT2D eigenvalue weighted by molar-refractivity contribution is 6.42. The van der Waals surface area contributed by atoms with Crippen LogP contribution >= 0.6 is 23.2 Å². The van der Waals surface area contributed by atoms with Gasteiger partial charge in [0.1, 0.15) is 0 Å². The van der Waals surface area contributed by atoms with E-state index in [-0.39, 0.29) is 17.9 Å². The molecule has 5 nitrogen and oxygen atoms in total. The van der Waals surface area contributed by atoms with Gasteiger partial charge < -0.3 is 15.5 Å². The molecule has 1 atom stereocenters. The minimum atomic E-state index is -0.305. The van der Waals surface area contributed by atoms with Gasteiger partial charge in [-0.15, -0.1) is 0 Å². The predicted octanol–water partition coefficient (Wildman–Crippen LogP) is 5.56. The highest BCUT2D eigenvalue weighted by atomic mass is 35.5. The molecule has 0 aromatic heterocycles. The molecule has 3 aromatic carbocycles. The third-order valence-corrected chi connectivity index (χ3v) is 6.15. The van der Waals surface area contributed by atoms with Crippen LogP contribution in [0.4, 0.5) is 11.4 Å². The van der Waals surface area contributed by atoms with Gasteiger partial charge in [-0.2, -0.15) is 0 Å². The molecule has 0 saturated heterocycles. The maximum Gasteiger partial charge on any atom is 0.258 e. The maximum absolute atomic E-state index is 13.2. The lowest BCUT2D eigenvalue weighted by atomic mass is 9.96. The Hall–Kier alpha value is -2.86. The Kier molecular flexibility index (Phi) is 6.28. The normalized spacial score (nSPS) is 15.3. The zero-order chi connectivity index (χ0) is 22.0. The topological polar surface area (TPSA) is 61.4 Å². The van der Waals surface area contributed by atoms with Gasteiger partial charge in [0.25, 0.3) is 11.8 Å². The number of fused-ring (bicyclic) bond motifs is 1. The summed E-state index contributed by atoms with van der Waals surface area (Å²) in [5.41, 5.74) is 3.59. The summed E-state index contributed by atoms with van der Waals surface area (Å²) in [6, 6.07) is 19.8. The fourth-order valence-electron chi connectivity index (χ4n) is 3.77. The second-order valence-electron chi connectivity index (χ2n) is 7.31. The molecule has 3 aromatic rings. The Morgan fingerprint density at radius 1 is 0.935 bits per heavy atom. The minimum absolute atomic E-state index is 0.0654. The third kappa shape index (κ3) is 4.44. The van der Waals surface area contributed by atoms with Crippen LogP contribution in [0.1, 0.15) is 38.7 Å². The fraction of sp³-hybridized carbons (Fsp3) is 0.167. The van der Waals surface area contributed by atoms with Crippen LogP contribution in [0.2, 0.25) is 10.0 Å². The molecule has 1 unspecified atom stereocenters. The van der Waals surface area contributed by atoms with Crippen molar-refractivity contribution in [3.8, 4) is 0 Å². The van der Waals surface area contributed by atoms with Crippen molar-refractivity contribution in [3.63, 3.8) is 0 Å². The second kappa shape index (κ2) is 9.10. The lowest BCUT2D eigenvalue weighted by Gasteiger charge is -2.34. The molecule has 1 heterocycles. The first-order valence-electron chi connectivity index (χ1n) is 9.92. The number of nitrogens with one attached hydrogen (secondary N) is 2. The van der Waals surface area contributed by atoms with Crippen LogP contribution in [0.3, 0.4) is 0 Å². The van der Waals surface area contributed by atoms with Crippen molar-refractivity contribution in [2.45, 2.75) is 12.5 Å². The van der Waals surface area contributed by atoms with Crippen molar-refractivity contribution in [1.82, 2.24) is 5.32 Å². The Morgan fingerprint density at radius 2 is 1.65 bits per heavy atom. The van der Waals surface area contributed by atoms with E-state index in [9.17, 15) is 9.59 Å². The molecule has 2 amide bonds. The summed E-state index contributed by atoms with van der Waals surface area (Å²) in [6.45, 7) is 0.636. The van der Waals surface area contributed by atoms with Gasteiger partial charge in [-0.3, -0.25) is 9.59 Å². The Morgan fingerprint density at radius 3 is 2.35 bits per heavy atom. The summed E-state index contributed by atoms with van der Waals surface area (Å²) in [5.74, 6) is -0.370. The molecule has 1 aliphatic heterocycles. The number of hydrogen-bond acceptors (Lipinski definition) is 3. The largest absolute Gasteiger partial charge is 0.322 e. The zero-order valence-electron chi connectivity index (χ0n) is 16.9. The molecule has 0 bridgehead atoms. The van der Waals surface area contributed by atoms with Crippen LogP contribution in [-0.4, -0.2) is 25.4 Å². The van der Waals surface area contributed by atoms with Crippen LogP contribution in [0.15, 0.2) is 66.7 Å². The van der Waals surface area contributed by atoms with Gasteiger partial charge in [0, 0.05) is 35.1 Å². The van der Waals surface area contributed by atoms with Crippen molar-refractivity contribution < 1.29 is 9.59 Å². The number of amides is 2. The number of anilines is 2. The molecule has 1 aliphatic rings. The summed E-state index contributed by atoms with van der Waals surface area (Å²) in [5, 5.41) is 6.82. The first kappa shape index (κ1) is 21.4. The first-order valence-corrected chi connectivity index (χ1v) is 10.7. The second-order valence-corrected chi connectivity index (χ2v) is 8.12. The van der Waals surface area contributed by atoms with E-state index < -0.39 is 0 Å². The number of para-hydroxylation sites is 1. The van der Waals surface area contributed by atoms with E-state index in [4.69, 9.17) is 23.2 Å². The number of benzene rings is 3. The predicted molar refractivity (Wildman–Crippen MR) is 125 cm³/mol. The summed E-state index contributed by atoms with van der Waals surface area (Å²) in [6.07, 6.45) is 0.844. The summed E-state index contributed by atoms with van der Waals surface area (Å²) < 4.78 is 0. The molecule has 0 saturated carbocycles. The van der Waals surface area contributed by atoms with Crippen molar-refractivity contribution in [2.75, 3.05) is 23.8 Å². The molecule has 0 spiro atoms. The zero-order valence-corrected chi connectivity index (χ0v) is 18.4. The lowest BCUT2D eigenvalue weighted by Crippen LogP contribution is -2.39. The van der Waals surface area contributed by atoms with Gasteiger partial charge in [-0.05, 0) is 67.6 Å². The molecule has 2 N–H and O–H groups in total. The highest BCUT2D eigenvalue weighted by Gasteiger charge is 2.28. The Bertz CT molecular complexity index is 1130. The van der Waals surface area contributed by atoms with Gasteiger partial charge in [-0.25, -0.2) is 0 Å². The summed E-state index contributed by atoms with van der Waals surface area (Å²) >= 11 is 11.9. The number of hydrogen-bond donors (Lipinski definition) is 2. The van der Waals surface area contributed by atoms with Crippen molar-refractivity contribution in [3.05, 3.63) is 93.5 Å². The van der Waals surface area contributed by atoms with Crippen LogP contribution in [0.5, 0.6) is 0 Å². The van der Waals surface area contributed by atoms with Crippen molar-refractivity contribution >= 4 is 46.4 Å². The molecule has 7 heteroatoms. The van der Waals surface area contributed by atoms with E-state index in [0.717, 1.165) is 17.7 Å². The van der Waals surface area contributed by atoms with Crippen molar-refractivity contribution in [2.24, 2.45) is 0 Å². The monoisotopic (exact) mass is 453 g/mol. The van der Waals surface area contributed by atoms with E-state index in [1.807, 2.05) is 30.1 Å². The standard InChI is InChI=1S/C24H21Cl2N3O2/c1-27-21-12-13-29(22-5-3-2-4-18(21)22)24(31)15-6-9-17(10-7-15)28-23(30)16-8-11-19(25)20(26)14-16/h2-11,14,21,27H,12-13H2,1H3,(H,28,30). The number of carbonyl (C=O) groups excluding carboxylic acids is 2. The molecule has 0 radical (unpaired) electrons. The average molecular weight is 454 g/mol. The van der Waals surface area contributed by atoms with E-state index in [1.165, 1.54) is 6.07 Å². The maximum atomic E-state index is 13.2. The number of halogens is 2. The van der Waals surface area contributed by atoms with E-state index >= 15 is 0 Å². The van der Waals surface area contributed by atoms with Crippen LogP contribution < -0.4 is 15.5 Å². The fourth-order valence-corrected chi connectivity index (χ4v) is 4.06. The molecule has 158 valence electrons. The lowest BCUT2D eigenvalue weighted by molar-refractivity contribution is 0.0982. The minimum Gasteiger partial charge on any atom is -0.322 e. The van der Waals surface area contributed by atoms with E-state index in [0.29, 0.717) is 33.4 Å². The summed E-state index contributed by atoms with van der Waals surface area (Å²) in [7, 11) is 1.93. The van der Waals surface area contributed by atoms with Gasteiger partial charge in [0.05, 0.1) is 10.0 Å². The van der Waals surface area contributed by atoms with Gasteiger partial charge in [0.15, 0.2) is 0 Å². The molecule has 4 rings (SSSR count). The molecular formula is C24H21Cl2N3O2. The highest BCUT2D eigenvalue weighted by Crippen LogP contribution is 2.34. The number of carbonyl (C=O) groups is 2. The van der Waals surface area contributed by atoms with Crippen LogP contribution in [0.25, 0.3) is 0 Å². The van der Waals surface area contributed by atoms with Crippen molar-refractivity contribution in [1.29, 1.82) is 0 Å². The van der Waals surface area contributed by atoms with Gasteiger partial charge in [-0.1, -0.05) is 41.4 Å². The quantitative estimate of drug-likeness (QED) is 0.543. The van der Waals surface area contributed by atoms with Crippen LogP contribution in [-0.2, 0) is 0 Å². The Balaban J connectivity index is 1.50. The number of nitrogens with zero attached hydrogens (tertiary/aromatic N) is 1. The number of rotatable bonds is 4. The van der Waals surface area contributed by atoms with Crippen LogP contribution in [0, 0.1) is 0 Å². The van der Waals surface area contributed by atoms with Gasteiger partial charge >= 0.3 is 0 Å². The smallest absolute Gasteiger partial charge is 0.258 e. The molecule has 0 aliphatic carbocycles. The van der Waals surface area contributed by atoms with Gasteiger partial charge in [0.2, 0.25) is 0 Å². The molecule has 0 fully saturated rings. The SMILES string of the molecule is CNC1CCN(C(=O)c2ccc(NC(=O)c3ccc(Cl)c(Cl)c3)cc2)c2ccccc21. The molecule has 31 heavy (non-hydrogen) atoms. The van der Waals surface area contributed by atoms with E-state index in [1.54, 1.807) is 36.4 Å². The molecular weight excluding hydrogens is 433 g/mol. The average Bonchev–Trinajstić information content (AvgIpc) is 2.80. The third-order valence-electron chi connectivity index (χ3n) is 5.41. The first-order chi connectivity index (χ1) is 15.0. The van der Waals surface area contributed by atoms with E-state index in [2.05, 4.69) is 16.7 Å². The Labute approximate surface area is 191 Å².